The van der Waals surface area contributed by atoms with Crippen molar-refractivity contribution in [3.05, 3.63) is 0 Å². The van der Waals surface area contributed by atoms with Gasteiger partial charge < -0.3 is 15.8 Å². The van der Waals surface area contributed by atoms with Crippen molar-refractivity contribution in [2.75, 3.05) is 13.7 Å². The monoisotopic (exact) mass is 230 g/mol. The zero-order valence-electron chi connectivity index (χ0n) is 11.3. The lowest BCUT2D eigenvalue weighted by molar-refractivity contribution is -0.126. The molecule has 1 unspecified atom stereocenters. The fraction of sp³-hybridized carbons (Fsp3) is 0.917. The van der Waals surface area contributed by atoms with Crippen molar-refractivity contribution in [2.24, 2.45) is 17.1 Å². The number of hydrogen-bond donors (Lipinski definition) is 2. The van der Waals surface area contributed by atoms with E-state index in [1.54, 1.807) is 7.11 Å². The lowest BCUT2D eigenvalue weighted by atomic mass is 9.86. The highest BCUT2D eigenvalue weighted by atomic mass is 16.5. The minimum Gasteiger partial charge on any atom is -0.383 e. The van der Waals surface area contributed by atoms with Gasteiger partial charge in [0.1, 0.15) is 0 Å². The first-order valence-corrected chi connectivity index (χ1v) is 5.75. The summed E-state index contributed by atoms with van der Waals surface area (Å²) in [5.41, 5.74) is 5.66. The van der Waals surface area contributed by atoms with E-state index in [9.17, 15) is 4.79 Å². The van der Waals surface area contributed by atoms with Crippen LogP contribution in [0.5, 0.6) is 0 Å². The number of amides is 1. The molecule has 4 heteroatoms. The molecule has 0 aromatic heterocycles. The zero-order chi connectivity index (χ0) is 12.9. The van der Waals surface area contributed by atoms with Gasteiger partial charge in [-0.1, -0.05) is 34.6 Å². The summed E-state index contributed by atoms with van der Waals surface area (Å²) in [7, 11) is 1.63. The van der Waals surface area contributed by atoms with Gasteiger partial charge in [0.2, 0.25) is 5.91 Å². The van der Waals surface area contributed by atoms with Gasteiger partial charge >= 0.3 is 0 Å². The summed E-state index contributed by atoms with van der Waals surface area (Å²) in [5.74, 6) is 0.222. The largest absolute Gasteiger partial charge is 0.383 e. The second-order valence-corrected chi connectivity index (χ2v) is 5.66. The average Bonchev–Trinajstić information content (AvgIpc) is 2.14. The second-order valence-electron chi connectivity index (χ2n) is 5.66. The molecule has 2 atom stereocenters. The van der Waals surface area contributed by atoms with Crippen molar-refractivity contribution in [3.63, 3.8) is 0 Å². The zero-order valence-corrected chi connectivity index (χ0v) is 11.3. The number of hydrogen-bond acceptors (Lipinski definition) is 3. The molecule has 0 spiro atoms. The van der Waals surface area contributed by atoms with Gasteiger partial charge in [0, 0.05) is 7.11 Å². The van der Waals surface area contributed by atoms with Crippen molar-refractivity contribution in [1.29, 1.82) is 0 Å². The topological polar surface area (TPSA) is 64.3 Å². The average molecular weight is 230 g/mol. The second kappa shape index (κ2) is 6.21. The van der Waals surface area contributed by atoms with E-state index in [2.05, 4.69) is 5.32 Å². The van der Waals surface area contributed by atoms with Gasteiger partial charge in [-0.05, 0) is 11.3 Å². The van der Waals surface area contributed by atoms with Gasteiger partial charge in [0.25, 0.3) is 0 Å². The van der Waals surface area contributed by atoms with Crippen LogP contribution in [0.3, 0.4) is 0 Å². The molecule has 4 nitrogen and oxygen atoms in total. The highest BCUT2D eigenvalue weighted by Gasteiger charge is 2.29. The molecule has 0 aromatic rings. The van der Waals surface area contributed by atoms with Crippen LogP contribution < -0.4 is 11.1 Å². The Bertz CT molecular complexity index is 222. The first-order chi connectivity index (χ1) is 7.20. The van der Waals surface area contributed by atoms with E-state index in [4.69, 9.17) is 10.5 Å². The standard InChI is InChI=1S/C12H26N2O2/c1-8(2)9(7-16-6)14-11(15)10(13)12(3,4)5/h8-10H,7,13H2,1-6H3,(H,14,15)/t9?,10-/m1/s1. The molecule has 0 aliphatic rings. The Kier molecular flexibility index (Phi) is 5.97. The summed E-state index contributed by atoms with van der Waals surface area (Å²) in [6.45, 7) is 10.5. The highest BCUT2D eigenvalue weighted by molar-refractivity contribution is 5.82. The Morgan fingerprint density at radius 3 is 2.19 bits per heavy atom. The number of carbonyl (C=O) groups is 1. The molecule has 0 bridgehead atoms. The molecule has 96 valence electrons. The first-order valence-electron chi connectivity index (χ1n) is 5.75. The Balaban J connectivity index is 4.40. The van der Waals surface area contributed by atoms with E-state index >= 15 is 0 Å². The van der Waals surface area contributed by atoms with Crippen molar-refractivity contribution in [3.8, 4) is 0 Å². The van der Waals surface area contributed by atoms with E-state index in [0.717, 1.165) is 0 Å². The smallest absolute Gasteiger partial charge is 0.237 e. The molecule has 0 fully saturated rings. The number of ether oxygens (including phenoxy) is 1. The van der Waals surface area contributed by atoms with Crippen molar-refractivity contribution >= 4 is 5.91 Å². The molecular weight excluding hydrogens is 204 g/mol. The molecule has 0 radical (unpaired) electrons. The predicted octanol–water partition coefficient (Wildman–Crippen LogP) is 1.15. The molecule has 0 saturated carbocycles. The summed E-state index contributed by atoms with van der Waals surface area (Å²) in [5, 5.41) is 2.93. The molecule has 0 rings (SSSR count). The summed E-state index contributed by atoms with van der Waals surface area (Å²) >= 11 is 0. The minimum absolute atomic E-state index is 0.0194. The lowest BCUT2D eigenvalue weighted by Crippen LogP contribution is -2.53. The maximum atomic E-state index is 11.9. The number of nitrogens with one attached hydrogen (secondary N) is 1. The molecule has 0 aliphatic heterocycles. The van der Waals surface area contributed by atoms with Crippen LogP contribution in [0, 0.1) is 11.3 Å². The predicted molar refractivity (Wildman–Crippen MR) is 66.1 cm³/mol. The SMILES string of the molecule is COCC(NC(=O)[C@@H](N)C(C)(C)C)C(C)C. The fourth-order valence-corrected chi connectivity index (χ4v) is 1.25. The maximum Gasteiger partial charge on any atom is 0.237 e. The summed E-state index contributed by atoms with van der Waals surface area (Å²) in [6.07, 6.45) is 0. The van der Waals surface area contributed by atoms with Crippen LogP contribution >= 0.6 is 0 Å². The van der Waals surface area contributed by atoms with Gasteiger partial charge in [0.05, 0.1) is 18.7 Å². The lowest BCUT2D eigenvalue weighted by Gasteiger charge is -2.29. The summed E-state index contributed by atoms with van der Waals surface area (Å²) in [6, 6.07) is -0.475. The number of carbonyl (C=O) groups excluding carboxylic acids is 1. The van der Waals surface area contributed by atoms with Crippen molar-refractivity contribution in [1.82, 2.24) is 5.32 Å². The molecule has 16 heavy (non-hydrogen) atoms. The van der Waals surface area contributed by atoms with Gasteiger partial charge in [-0.25, -0.2) is 0 Å². The normalized spacial score (nSPS) is 16.0. The molecule has 0 aliphatic carbocycles. The third kappa shape index (κ3) is 4.94. The minimum atomic E-state index is -0.495. The third-order valence-corrected chi connectivity index (χ3v) is 2.69. The quantitative estimate of drug-likeness (QED) is 0.744. The van der Waals surface area contributed by atoms with Gasteiger partial charge in [-0.15, -0.1) is 0 Å². The fourth-order valence-electron chi connectivity index (χ4n) is 1.25. The molecule has 0 aromatic carbocycles. The van der Waals surface area contributed by atoms with E-state index in [1.807, 2.05) is 34.6 Å². The number of rotatable bonds is 5. The molecule has 0 heterocycles. The molecule has 1 amide bonds. The molecular formula is C12H26N2O2. The van der Waals surface area contributed by atoms with E-state index in [1.165, 1.54) is 0 Å². The van der Waals surface area contributed by atoms with Crippen LogP contribution in [0.2, 0.25) is 0 Å². The van der Waals surface area contributed by atoms with Crippen LogP contribution in [-0.4, -0.2) is 31.7 Å². The number of methoxy groups -OCH3 is 1. The Labute approximate surface area is 98.9 Å². The van der Waals surface area contributed by atoms with Gasteiger partial charge in [0.15, 0.2) is 0 Å². The maximum absolute atomic E-state index is 11.9. The van der Waals surface area contributed by atoms with Crippen LogP contribution in [0.4, 0.5) is 0 Å². The molecule has 0 saturated heterocycles. The van der Waals surface area contributed by atoms with E-state index in [-0.39, 0.29) is 17.4 Å². The Morgan fingerprint density at radius 1 is 1.38 bits per heavy atom. The van der Waals surface area contributed by atoms with E-state index < -0.39 is 6.04 Å². The van der Waals surface area contributed by atoms with Crippen molar-refractivity contribution < 1.29 is 9.53 Å². The van der Waals surface area contributed by atoms with Crippen LogP contribution in [-0.2, 0) is 9.53 Å². The van der Waals surface area contributed by atoms with Crippen molar-refractivity contribution in [2.45, 2.75) is 46.7 Å². The first kappa shape index (κ1) is 15.4. The summed E-state index contributed by atoms with van der Waals surface area (Å²) < 4.78 is 5.08. The van der Waals surface area contributed by atoms with Crippen LogP contribution in [0.1, 0.15) is 34.6 Å². The van der Waals surface area contributed by atoms with E-state index in [0.29, 0.717) is 12.5 Å². The molecule has 3 N–H and O–H groups in total. The van der Waals surface area contributed by atoms with Crippen LogP contribution in [0.15, 0.2) is 0 Å². The number of nitrogens with two attached hydrogens (primary N) is 1. The Hall–Kier alpha value is -0.610. The summed E-state index contributed by atoms with van der Waals surface area (Å²) in [4.78, 5) is 11.9. The van der Waals surface area contributed by atoms with Gasteiger partial charge in [-0.3, -0.25) is 4.79 Å². The van der Waals surface area contributed by atoms with Gasteiger partial charge in [-0.2, -0.15) is 0 Å². The Morgan fingerprint density at radius 2 is 1.88 bits per heavy atom. The highest BCUT2D eigenvalue weighted by Crippen LogP contribution is 2.17. The third-order valence-electron chi connectivity index (χ3n) is 2.69. The van der Waals surface area contributed by atoms with Crippen LogP contribution in [0.25, 0.3) is 0 Å².